The zero-order valence-corrected chi connectivity index (χ0v) is 7.77. The van der Waals surface area contributed by atoms with Gasteiger partial charge >= 0.3 is 0 Å². The van der Waals surface area contributed by atoms with E-state index in [9.17, 15) is 4.79 Å². The number of carbonyl (C=O) groups is 1. The second-order valence-electron chi connectivity index (χ2n) is 3.73. The average Bonchev–Trinajstić information content (AvgIpc) is 2.17. The van der Waals surface area contributed by atoms with Gasteiger partial charge < -0.3 is 0 Å². The summed E-state index contributed by atoms with van der Waals surface area (Å²) in [7, 11) is 0. The van der Waals surface area contributed by atoms with Crippen molar-refractivity contribution in [2.75, 3.05) is 0 Å². The molecule has 0 saturated carbocycles. The normalized spacial score (nSPS) is 25.5. The molecule has 0 aromatic rings. The molecule has 62 valence electrons. The molecule has 0 fully saturated rings. The Kier molecular flexibility index (Phi) is 2.17. The number of carbonyl (C=O) groups excluding carboxylic acids is 1. The van der Waals surface area contributed by atoms with E-state index in [0.717, 1.165) is 0 Å². The molecule has 0 bridgehead atoms. The Morgan fingerprint density at radius 1 is 1.45 bits per heavy atom. The van der Waals surface area contributed by atoms with Gasteiger partial charge in [-0.1, -0.05) is 31.9 Å². The molecule has 11 heavy (non-hydrogen) atoms. The zero-order valence-electron chi connectivity index (χ0n) is 7.77. The lowest BCUT2D eigenvalue weighted by Crippen LogP contribution is -2.03. The summed E-state index contributed by atoms with van der Waals surface area (Å²) in [5, 5.41) is 0. The van der Waals surface area contributed by atoms with E-state index in [4.69, 9.17) is 0 Å². The van der Waals surface area contributed by atoms with Gasteiger partial charge in [0.2, 0.25) is 0 Å². The van der Waals surface area contributed by atoms with Gasteiger partial charge in [0.05, 0.1) is 0 Å². The molecular weight excluding hydrogens is 136 g/mol. The van der Waals surface area contributed by atoms with Crippen LogP contribution in [0.2, 0.25) is 0 Å². The fourth-order valence-electron chi connectivity index (χ4n) is 1.66. The van der Waals surface area contributed by atoms with Crippen LogP contribution in [-0.2, 0) is 4.79 Å². The number of ketones is 1. The Morgan fingerprint density at radius 2 is 2.00 bits per heavy atom. The van der Waals surface area contributed by atoms with Crippen molar-refractivity contribution >= 4 is 5.78 Å². The molecular formula is C10H16O. The highest BCUT2D eigenvalue weighted by Gasteiger charge is 2.27. The molecule has 1 nitrogen and oxygen atoms in total. The molecule has 1 atom stereocenters. The molecule has 0 saturated heterocycles. The fourth-order valence-corrected chi connectivity index (χ4v) is 1.66. The van der Waals surface area contributed by atoms with Crippen LogP contribution in [0.5, 0.6) is 0 Å². The first kappa shape index (κ1) is 8.51. The fraction of sp³-hybridized carbons (Fsp3) is 0.700. The van der Waals surface area contributed by atoms with Gasteiger partial charge in [0, 0.05) is 12.3 Å². The first-order chi connectivity index (χ1) is 5.04. The third kappa shape index (κ3) is 1.37. The molecule has 1 rings (SSSR count). The first-order valence-electron chi connectivity index (χ1n) is 4.26. The average molecular weight is 152 g/mol. The molecule has 0 aliphatic heterocycles. The van der Waals surface area contributed by atoms with Crippen LogP contribution in [0, 0.1) is 11.8 Å². The van der Waals surface area contributed by atoms with E-state index in [1.54, 1.807) is 0 Å². The van der Waals surface area contributed by atoms with Crippen molar-refractivity contribution < 1.29 is 4.79 Å². The van der Waals surface area contributed by atoms with Crippen molar-refractivity contribution in [3.63, 3.8) is 0 Å². The molecule has 0 aromatic heterocycles. The molecule has 0 radical (unpaired) electrons. The van der Waals surface area contributed by atoms with Gasteiger partial charge in [-0.2, -0.15) is 0 Å². The van der Waals surface area contributed by atoms with Crippen LogP contribution in [0.15, 0.2) is 11.1 Å². The summed E-state index contributed by atoms with van der Waals surface area (Å²) in [4.78, 5) is 11.3. The van der Waals surface area contributed by atoms with Crippen LogP contribution < -0.4 is 0 Å². The van der Waals surface area contributed by atoms with Crippen molar-refractivity contribution in [1.82, 2.24) is 0 Å². The summed E-state index contributed by atoms with van der Waals surface area (Å²) < 4.78 is 0. The predicted octanol–water partition coefficient (Wildman–Crippen LogP) is 2.57. The zero-order chi connectivity index (χ0) is 8.59. The van der Waals surface area contributed by atoms with Crippen molar-refractivity contribution in [2.24, 2.45) is 11.8 Å². The minimum absolute atomic E-state index is 0.187. The monoisotopic (exact) mass is 152 g/mol. The number of hydrogen-bond acceptors (Lipinski definition) is 1. The van der Waals surface area contributed by atoms with Gasteiger partial charge in [0.15, 0.2) is 0 Å². The third-order valence-corrected chi connectivity index (χ3v) is 2.70. The van der Waals surface area contributed by atoms with Crippen molar-refractivity contribution in [3.8, 4) is 0 Å². The number of hydrogen-bond donors (Lipinski definition) is 0. The molecule has 0 N–H and O–H groups in total. The third-order valence-electron chi connectivity index (χ3n) is 2.70. The molecule has 0 aromatic carbocycles. The van der Waals surface area contributed by atoms with Gasteiger partial charge in [-0.15, -0.1) is 0 Å². The van der Waals surface area contributed by atoms with E-state index in [-0.39, 0.29) is 5.92 Å². The van der Waals surface area contributed by atoms with Crippen LogP contribution in [0.25, 0.3) is 0 Å². The summed E-state index contributed by atoms with van der Waals surface area (Å²) in [6.07, 6.45) is 0.699. The van der Waals surface area contributed by atoms with Gasteiger partial charge in [0.1, 0.15) is 5.78 Å². The second kappa shape index (κ2) is 2.80. The van der Waals surface area contributed by atoms with Gasteiger partial charge in [-0.25, -0.2) is 0 Å². The van der Waals surface area contributed by atoms with Crippen LogP contribution in [0.3, 0.4) is 0 Å². The SMILES string of the molecule is CC1=C(C(C)C)CC(=O)C1C. The lowest BCUT2D eigenvalue weighted by atomic mass is 9.99. The van der Waals surface area contributed by atoms with Crippen LogP contribution in [-0.4, -0.2) is 5.78 Å². The summed E-state index contributed by atoms with van der Waals surface area (Å²) in [5.41, 5.74) is 2.67. The Labute approximate surface area is 68.5 Å². The van der Waals surface area contributed by atoms with Crippen LogP contribution >= 0.6 is 0 Å². The summed E-state index contributed by atoms with van der Waals surface area (Å²) in [6.45, 7) is 8.41. The minimum atomic E-state index is 0.187. The van der Waals surface area contributed by atoms with E-state index in [1.807, 2.05) is 6.92 Å². The highest BCUT2D eigenvalue weighted by molar-refractivity contribution is 5.89. The minimum Gasteiger partial charge on any atom is -0.299 e. The highest BCUT2D eigenvalue weighted by atomic mass is 16.1. The van der Waals surface area contributed by atoms with E-state index in [2.05, 4.69) is 20.8 Å². The largest absolute Gasteiger partial charge is 0.299 e. The van der Waals surface area contributed by atoms with Crippen molar-refractivity contribution in [1.29, 1.82) is 0 Å². The summed E-state index contributed by atoms with van der Waals surface area (Å²) in [6, 6.07) is 0. The van der Waals surface area contributed by atoms with E-state index < -0.39 is 0 Å². The molecule has 0 spiro atoms. The Bertz CT molecular complexity index is 211. The summed E-state index contributed by atoms with van der Waals surface area (Å²) in [5.74, 6) is 1.13. The Morgan fingerprint density at radius 3 is 2.18 bits per heavy atom. The van der Waals surface area contributed by atoms with Gasteiger partial charge in [-0.3, -0.25) is 4.79 Å². The molecule has 0 heterocycles. The summed E-state index contributed by atoms with van der Waals surface area (Å²) >= 11 is 0. The molecule has 1 heteroatoms. The lowest BCUT2D eigenvalue weighted by Gasteiger charge is -2.06. The molecule has 1 aliphatic carbocycles. The van der Waals surface area contributed by atoms with E-state index >= 15 is 0 Å². The molecule has 0 amide bonds. The van der Waals surface area contributed by atoms with E-state index in [1.165, 1.54) is 11.1 Å². The lowest BCUT2D eigenvalue weighted by molar-refractivity contribution is -0.119. The van der Waals surface area contributed by atoms with Gasteiger partial charge in [0.25, 0.3) is 0 Å². The maximum absolute atomic E-state index is 11.3. The highest BCUT2D eigenvalue weighted by Crippen LogP contribution is 2.32. The van der Waals surface area contributed by atoms with E-state index in [0.29, 0.717) is 18.1 Å². The molecule has 1 aliphatic rings. The Balaban J connectivity index is 2.89. The topological polar surface area (TPSA) is 17.1 Å². The maximum atomic E-state index is 11.3. The quantitative estimate of drug-likeness (QED) is 0.528. The van der Waals surface area contributed by atoms with Crippen LogP contribution in [0.4, 0.5) is 0 Å². The molecule has 1 unspecified atom stereocenters. The van der Waals surface area contributed by atoms with Gasteiger partial charge in [-0.05, 0) is 12.8 Å². The maximum Gasteiger partial charge on any atom is 0.143 e. The number of rotatable bonds is 1. The Hall–Kier alpha value is -0.590. The first-order valence-corrected chi connectivity index (χ1v) is 4.26. The number of allylic oxidation sites excluding steroid dienone is 2. The smallest absolute Gasteiger partial charge is 0.143 e. The number of Topliss-reactive ketones (excluding diaryl/α,β-unsaturated/α-hetero) is 1. The standard InChI is InChI=1S/C10H16O/c1-6(2)9-5-10(11)8(4)7(9)3/h6,8H,5H2,1-4H3. The second-order valence-corrected chi connectivity index (χ2v) is 3.73. The van der Waals surface area contributed by atoms with Crippen molar-refractivity contribution in [3.05, 3.63) is 11.1 Å². The predicted molar refractivity (Wildman–Crippen MR) is 46.3 cm³/mol. The van der Waals surface area contributed by atoms with Crippen molar-refractivity contribution in [2.45, 2.75) is 34.1 Å². The van der Waals surface area contributed by atoms with Crippen LogP contribution in [0.1, 0.15) is 34.1 Å².